The van der Waals surface area contributed by atoms with Gasteiger partial charge in [-0.15, -0.1) is 0 Å². The molecule has 0 rings (SSSR count). The van der Waals surface area contributed by atoms with Gasteiger partial charge in [-0.05, 0) is 18.6 Å². The molecule has 0 aromatic carbocycles. The van der Waals surface area contributed by atoms with Gasteiger partial charge in [-0.25, -0.2) is 0 Å². The molecule has 0 aliphatic carbocycles. The van der Waals surface area contributed by atoms with Crippen LogP contribution in [0.2, 0.25) is 0 Å². The van der Waals surface area contributed by atoms with Crippen molar-refractivity contribution < 1.29 is 0 Å². The van der Waals surface area contributed by atoms with Crippen molar-refractivity contribution in [2.75, 3.05) is 5.75 Å². The van der Waals surface area contributed by atoms with Crippen molar-refractivity contribution in [3.05, 3.63) is 5.75 Å². The second kappa shape index (κ2) is 54.3. The number of hydrogen-bond donors (Lipinski definition) is 0. The van der Waals surface area contributed by atoms with Crippen LogP contribution >= 0.6 is 11.8 Å². The van der Waals surface area contributed by atoms with Gasteiger partial charge in [-0.1, -0.05) is 322 Å². The molecule has 0 spiro atoms. The van der Waals surface area contributed by atoms with Crippen molar-refractivity contribution >= 4 is 11.8 Å². The Morgan fingerprint density at radius 2 is 0.364 bits per heavy atom. The van der Waals surface area contributed by atoms with Crippen LogP contribution in [0, 0.1) is 5.75 Å². The first-order valence-corrected chi connectivity index (χ1v) is 27.9. The zero-order valence-electron chi connectivity index (χ0n) is 39.0. The quantitative estimate of drug-likeness (QED) is 0.0553. The molecule has 0 amide bonds. The molecule has 0 aromatic heterocycles. The first-order chi connectivity index (χ1) is 27.4. The minimum absolute atomic E-state index is 1.34. The summed E-state index contributed by atoms with van der Waals surface area (Å²) >= 11 is 2.11. The summed E-state index contributed by atoms with van der Waals surface area (Å²) in [6.45, 7) is 4.62. The molecule has 1 heteroatoms. The number of unbranched alkanes of at least 4 members (excludes halogenated alkanes) is 48. The fourth-order valence-corrected chi connectivity index (χ4v) is 9.55. The molecule has 331 valence electrons. The highest BCUT2D eigenvalue weighted by Crippen LogP contribution is 2.20. The molecule has 1 radical (unpaired) electrons. The molecule has 0 aromatic rings. The lowest BCUT2D eigenvalue weighted by Crippen LogP contribution is -1.85. The van der Waals surface area contributed by atoms with Crippen LogP contribution in [0.4, 0.5) is 0 Å². The first kappa shape index (κ1) is 55.4. The van der Waals surface area contributed by atoms with E-state index >= 15 is 0 Å². The summed E-state index contributed by atoms with van der Waals surface area (Å²) in [5.74, 6) is 3.89. The second-order valence-electron chi connectivity index (χ2n) is 18.4. The molecule has 0 aliphatic heterocycles. The molecule has 0 aliphatic rings. The van der Waals surface area contributed by atoms with E-state index in [1.807, 2.05) is 0 Å². The molecule has 0 fully saturated rings. The Balaban J connectivity index is 3.05. The lowest BCUT2D eigenvalue weighted by Gasteiger charge is -2.05. The van der Waals surface area contributed by atoms with E-state index in [0.717, 1.165) is 0 Å². The summed E-state index contributed by atoms with van der Waals surface area (Å²) in [5.41, 5.74) is 0. The van der Waals surface area contributed by atoms with E-state index in [2.05, 4.69) is 31.4 Å². The number of thioether (sulfide) groups is 1. The third kappa shape index (κ3) is 54.4. The summed E-state index contributed by atoms with van der Waals surface area (Å²) in [6.07, 6.45) is 73.7. The summed E-state index contributed by atoms with van der Waals surface area (Å²) in [4.78, 5) is 0. The van der Waals surface area contributed by atoms with Gasteiger partial charge < -0.3 is 0 Å². The topological polar surface area (TPSA) is 0 Å². The molecule has 55 heavy (non-hydrogen) atoms. The van der Waals surface area contributed by atoms with Crippen molar-refractivity contribution in [2.24, 2.45) is 0 Å². The van der Waals surface area contributed by atoms with E-state index in [-0.39, 0.29) is 0 Å². The van der Waals surface area contributed by atoms with Gasteiger partial charge in [0.25, 0.3) is 0 Å². The first-order valence-electron chi connectivity index (χ1n) is 26.8. The molecule has 0 unspecified atom stereocenters. The highest BCUT2D eigenvalue weighted by molar-refractivity contribution is 8.01. The van der Waals surface area contributed by atoms with Crippen LogP contribution in [0.3, 0.4) is 0 Å². The molecule has 0 bridgehead atoms. The van der Waals surface area contributed by atoms with Gasteiger partial charge in [0.15, 0.2) is 0 Å². The normalized spacial score (nSPS) is 11.7. The monoisotopic (exact) mass is 790 g/mol. The highest BCUT2D eigenvalue weighted by atomic mass is 32.2. The van der Waals surface area contributed by atoms with Crippen LogP contribution in [-0.4, -0.2) is 5.75 Å². The van der Waals surface area contributed by atoms with Crippen LogP contribution in [0.1, 0.15) is 335 Å². The Hall–Kier alpha value is 0.350. The van der Waals surface area contributed by atoms with Crippen molar-refractivity contribution in [1.29, 1.82) is 0 Å². The average molecular weight is 791 g/mol. The van der Waals surface area contributed by atoms with Gasteiger partial charge in [0, 0.05) is 5.75 Å². The minimum Gasteiger partial charge on any atom is -0.157 e. The van der Waals surface area contributed by atoms with Gasteiger partial charge in [-0.3, -0.25) is 0 Å². The van der Waals surface area contributed by atoms with Crippen LogP contribution in [0.5, 0.6) is 0 Å². The van der Waals surface area contributed by atoms with Crippen LogP contribution in [0.25, 0.3) is 0 Å². The summed E-state index contributed by atoms with van der Waals surface area (Å²) in [5, 5.41) is 0. The molecular formula is C54H109S. The molecule has 0 nitrogen and oxygen atoms in total. The molecule has 0 N–H and O–H groups in total. The van der Waals surface area contributed by atoms with Gasteiger partial charge in [0.2, 0.25) is 0 Å². The highest BCUT2D eigenvalue weighted by Gasteiger charge is 1.99. The maximum atomic E-state index is 2.53. The Bertz CT molecular complexity index is 562. The Labute approximate surface area is 356 Å². The SMILES string of the molecule is CCCCCCCCCCCCCCCCCCCCCCCCCCC[CH]SCCCCCCCCCCCCCCCCCCCCCCCCCC. The van der Waals surface area contributed by atoms with Crippen LogP contribution in [-0.2, 0) is 0 Å². The number of rotatable bonds is 52. The van der Waals surface area contributed by atoms with Gasteiger partial charge in [0.1, 0.15) is 0 Å². The van der Waals surface area contributed by atoms with E-state index < -0.39 is 0 Å². The average Bonchev–Trinajstić information content (AvgIpc) is 3.20. The van der Waals surface area contributed by atoms with E-state index in [9.17, 15) is 0 Å². The maximum absolute atomic E-state index is 2.53. The lowest BCUT2D eigenvalue weighted by molar-refractivity contribution is 0.516. The Kier molecular flexibility index (Phi) is 54.7. The van der Waals surface area contributed by atoms with Gasteiger partial charge in [-0.2, -0.15) is 11.8 Å². The molecule has 0 atom stereocenters. The molecule has 0 saturated carbocycles. The number of hydrogen-bond acceptors (Lipinski definition) is 1. The zero-order chi connectivity index (χ0) is 39.5. The van der Waals surface area contributed by atoms with Crippen LogP contribution < -0.4 is 0 Å². The summed E-state index contributed by atoms with van der Waals surface area (Å²) in [7, 11) is 0. The fraction of sp³-hybridized carbons (Fsp3) is 0.981. The fourth-order valence-electron chi connectivity index (χ4n) is 8.68. The third-order valence-corrected chi connectivity index (χ3v) is 13.7. The van der Waals surface area contributed by atoms with Crippen LogP contribution in [0.15, 0.2) is 0 Å². The van der Waals surface area contributed by atoms with Crippen molar-refractivity contribution in [2.45, 2.75) is 335 Å². The van der Waals surface area contributed by atoms with Crippen molar-refractivity contribution in [3.8, 4) is 0 Å². The predicted octanol–water partition coefficient (Wildman–Crippen LogP) is 21.4. The van der Waals surface area contributed by atoms with Crippen molar-refractivity contribution in [1.82, 2.24) is 0 Å². The van der Waals surface area contributed by atoms with Gasteiger partial charge >= 0.3 is 0 Å². The van der Waals surface area contributed by atoms with E-state index in [0.29, 0.717) is 0 Å². The third-order valence-electron chi connectivity index (χ3n) is 12.7. The summed E-state index contributed by atoms with van der Waals surface area (Å²) < 4.78 is 0. The largest absolute Gasteiger partial charge is 0.157 e. The minimum atomic E-state index is 1.34. The second-order valence-corrected chi connectivity index (χ2v) is 19.5. The van der Waals surface area contributed by atoms with Gasteiger partial charge in [0.05, 0.1) is 0 Å². The molecule has 0 heterocycles. The standard InChI is InChI=1S/C54H109S/c1-3-5-7-9-11-13-15-17-19-21-23-25-27-29-30-32-34-36-38-40-42-44-46-48-50-52-54-55-53-51-49-47-45-43-41-39-37-35-33-31-28-26-24-22-20-18-16-14-12-10-8-6-4-2/h54H,3-53H2,1-2H3. The van der Waals surface area contributed by atoms with Crippen molar-refractivity contribution in [3.63, 3.8) is 0 Å². The Morgan fingerprint density at radius 3 is 0.564 bits per heavy atom. The van der Waals surface area contributed by atoms with E-state index in [4.69, 9.17) is 0 Å². The predicted molar refractivity (Wildman–Crippen MR) is 259 cm³/mol. The van der Waals surface area contributed by atoms with E-state index in [1.54, 1.807) is 0 Å². The lowest BCUT2D eigenvalue weighted by atomic mass is 10.0. The maximum Gasteiger partial charge on any atom is 0.0166 e. The Morgan fingerprint density at radius 1 is 0.200 bits per heavy atom. The molecular weight excluding hydrogens is 681 g/mol. The smallest absolute Gasteiger partial charge is 0.0166 e. The summed E-state index contributed by atoms with van der Waals surface area (Å²) in [6, 6.07) is 0. The van der Waals surface area contributed by atoms with E-state index in [1.165, 1.54) is 327 Å². The zero-order valence-corrected chi connectivity index (χ0v) is 39.9. The molecule has 0 saturated heterocycles.